The van der Waals surface area contributed by atoms with Crippen LogP contribution in [-0.2, 0) is 16.4 Å². The lowest BCUT2D eigenvalue weighted by Gasteiger charge is -2.26. The Morgan fingerprint density at radius 1 is 1.16 bits per heavy atom. The van der Waals surface area contributed by atoms with E-state index in [1.54, 1.807) is 25.1 Å². The Balaban J connectivity index is 1.82. The molecular formula is C19H22N2O3S. The Morgan fingerprint density at radius 3 is 2.68 bits per heavy atom. The predicted molar refractivity (Wildman–Crippen MR) is 99.2 cm³/mol. The molecule has 2 aromatic rings. The normalized spacial score (nSPS) is 16.8. The van der Waals surface area contributed by atoms with E-state index in [-0.39, 0.29) is 11.9 Å². The highest BCUT2D eigenvalue weighted by molar-refractivity contribution is 7.92. The number of rotatable bonds is 4. The average Bonchev–Trinajstić information content (AvgIpc) is 2.56. The number of carbonyl (C=O) groups excluding carboxylic acids is 1. The number of hydrogen-bond donors (Lipinski definition) is 2. The Bertz CT molecular complexity index is 907. The number of sulfonamides is 1. The van der Waals surface area contributed by atoms with Crippen LogP contribution in [0.5, 0.6) is 0 Å². The summed E-state index contributed by atoms with van der Waals surface area (Å²) in [6.45, 7) is 1.80. The van der Waals surface area contributed by atoms with Gasteiger partial charge in [0, 0.05) is 5.56 Å². The molecule has 2 N–H and O–H groups in total. The number of benzene rings is 2. The molecular weight excluding hydrogens is 336 g/mol. The summed E-state index contributed by atoms with van der Waals surface area (Å²) in [5.41, 5.74) is 4.09. The maximum Gasteiger partial charge on any atom is 0.251 e. The molecule has 2 aromatic carbocycles. The number of aryl methyl sites for hydroxylation is 2. The third-order valence-corrected chi connectivity index (χ3v) is 5.06. The van der Waals surface area contributed by atoms with Crippen molar-refractivity contribution in [3.05, 3.63) is 64.7 Å². The minimum absolute atomic E-state index is 0.00919. The molecule has 1 aliphatic carbocycles. The van der Waals surface area contributed by atoms with Gasteiger partial charge in [-0.25, -0.2) is 8.42 Å². The van der Waals surface area contributed by atoms with E-state index in [2.05, 4.69) is 22.2 Å². The molecule has 0 radical (unpaired) electrons. The molecule has 1 atom stereocenters. The van der Waals surface area contributed by atoms with Crippen molar-refractivity contribution in [2.24, 2.45) is 0 Å². The molecule has 0 saturated carbocycles. The van der Waals surface area contributed by atoms with Gasteiger partial charge >= 0.3 is 0 Å². The van der Waals surface area contributed by atoms with Crippen LogP contribution in [0.15, 0.2) is 42.5 Å². The summed E-state index contributed by atoms with van der Waals surface area (Å²) in [6.07, 6.45) is 4.08. The standard InChI is InChI=1S/C19H22N2O3S/c1-13-10-11-15(12-18(13)21-25(2,23)24)19(22)20-17-9-5-7-14-6-3-4-8-16(14)17/h3-4,6,8,10-12,17,21H,5,7,9H2,1-2H3,(H,20,22)/t17-/m1/s1. The van der Waals surface area contributed by atoms with E-state index in [1.165, 1.54) is 11.1 Å². The summed E-state index contributed by atoms with van der Waals surface area (Å²) in [7, 11) is -3.39. The summed E-state index contributed by atoms with van der Waals surface area (Å²) in [4.78, 5) is 12.7. The SMILES string of the molecule is Cc1ccc(C(=O)N[C@@H]2CCCc3ccccc32)cc1NS(C)(=O)=O. The summed E-state index contributed by atoms with van der Waals surface area (Å²) < 4.78 is 25.4. The molecule has 132 valence electrons. The zero-order valence-electron chi connectivity index (χ0n) is 14.4. The lowest BCUT2D eigenvalue weighted by molar-refractivity contribution is 0.0933. The van der Waals surface area contributed by atoms with Crippen LogP contribution in [0.25, 0.3) is 0 Å². The second-order valence-electron chi connectivity index (χ2n) is 6.52. The van der Waals surface area contributed by atoms with Crippen LogP contribution >= 0.6 is 0 Å². The van der Waals surface area contributed by atoms with Crippen LogP contribution in [0.2, 0.25) is 0 Å². The van der Waals surface area contributed by atoms with Crippen molar-refractivity contribution in [1.29, 1.82) is 0 Å². The van der Waals surface area contributed by atoms with E-state index in [0.29, 0.717) is 11.3 Å². The van der Waals surface area contributed by atoms with Crippen molar-refractivity contribution < 1.29 is 13.2 Å². The Labute approximate surface area is 148 Å². The second kappa shape index (κ2) is 6.88. The molecule has 0 saturated heterocycles. The summed E-state index contributed by atoms with van der Waals surface area (Å²) in [5.74, 6) is -0.196. The van der Waals surface area contributed by atoms with E-state index in [9.17, 15) is 13.2 Å². The van der Waals surface area contributed by atoms with Gasteiger partial charge in [0.25, 0.3) is 5.91 Å². The Morgan fingerprint density at radius 2 is 1.92 bits per heavy atom. The van der Waals surface area contributed by atoms with Crippen molar-refractivity contribution in [3.63, 3.8) is 0 Å². The molecule has 0 unspecified atom stereocenters. The first-order valence-corrected chi connectivity index (χ1v) is 10.2. The molecule has 0 heterocycles. The van der Waals surface area contributed by atoms with Gasteiger partial charge in [-0.1, -0.05) is 30.3 Å². The minimum atomic E-state index is -3.39. The predicted octanol–water partition coefficient (Wildman–Crippen LogP) is 3.17. The van der Waals surface area contributed by atoms with E-state index in [1.807, 2.05) is 12.1 Å². The molecule has 0 spiro atoms. The number of anilines is 1. The van der Waals surface area contributed by atoms with Crippen molar-refractivity contribution in [2.75, 3.05) is 11.0 Å². The minimum Gasteiger partial charge on any atom is -0.345 e. The first-order valence-electron chi connectivity index (χ1n) is 8.30. The third-order valence-electron chi connectivity index (χ3n) is 4.47. The average molecular weight is 358 g/mol. The lowest BCUT2D eigenvalue weighted by atomic mass is 9.87. The fourth-order valence-electron chi connectivity index (χ4n) is 3.22. The maximum absolute atomic E-state index is 12.7. The molecule has 0 aliphatic heterocycles. The smallest absolute Gasteiger partial charge is 0.251 e. The Hall–Kier alpha value is -2.34. The van der Waals surface area contributed by atoms with Crippen molar-refractivity contribution in [3.8, 4) is 0 Å². The zero-order valence-corrected chi connectivity index (χ0v) is 15.2. The Kier molecular flexibility index (Phi) is 4.81. The summed E-state index contributed by atoms with van der Waals surface area (Å²) in [6, 6.07) is 13.2. The van der Waals surface area contributed by atoms with E-state index in [4.69, 9.17) is 0 Å². The third kappa shape index (κ3) is 4.20. The highest BCUT2D eigenvalue weighted by atomic mass is 32.2. The van der Waals surface area contributed by atoms with Gasteiger partial charge in [-0.15, -0.1) is 0 Å². The lowest BCUT2D eigenvalue weighted by Crippen LogP contribution is -2.31. The molecule has 1 amide bonds. The number of fused-ring (bicyclic) bond motifs is 1. The van der Waals surface area contributed by atoms with E-state index < -0.39 is 10.0 Å². The van der Waals surface area contributed by atoms with Crippen molar-refractivity contribution in [1.82, 2.24) is 5.32 Å². The van der Waals surface area contributed by atoms with Crippen LogP contribution in [-0.4, -0.2) is 20.6 Å². The molecule has 1 aliphatic rings. The number of hydrogen-bond acceptors (Lipinski definition) is 3. The van der Waals surface area contributed by atoms with Gasteiger partial charge in [-0.2, -0.15) is 0 Å². The van der Waals surface area contributed by atoms with E-state index in [0.717, 1.165) is 31.1 Å². The summed E-state index contributed by atoms with van der Waals surface area (Å²) >= 11 is 0. The van der Waals surface area contributed by atoms with Gasteiger partial charge in [0.2, 0.25) is 10.0 Å². The maximum atomic E-state index is 12.7. The molecule has 5 nitrogen and oxygen atoms in total. The largest absolute Gasteiger partial charge is 0.345 e. The molecule has 25 heavy (non-hydrogen) atoms. The van der Waals surface area contributed by atoms with Crippen LogP contribution in [0.4, 0.5) is 5.69 Å². The summed E-state index contributed by atoms with van der Waals surface area (Å²) in [5, 5.41) is 3.08. The first kappa shape index (κ1) is 17.5. The highest BCUT2D eigenvalue weighted by Crippen LogP contribution is 2.30. The fraction of sp³-hybridized carbons (Fsp3) is 0.316. The van der Waals surface area contributed by atoms with Crippen LogP contribution < -0.4 is 10.0 Å². The first-order chi connectivity index (χ1) is 11.8. The number of carbonyl (C=O) groups is 1. The second-order valence-corrected chi connectivity index (χ2v) is 8.27. The van der Waals surface area contributed by atoms with Gasteiger partial charge < -0.3 is 5.32 Å². The molecule has 6 heteroatoms. The highest BCUT2D eigenvalue weighted by Gasteiger charge is 2.22. The van der Waals surface area contributed by atoms with Gasteiger partial charge in [0.05, 0.1) is 18.0 Å². The monoisotopic (exact) mass is 358 g/mol. The zero-order chi connectivity index (χ0) is 18.0. The number of amides is 1. The van der Waals surface area contributed by atoms with Gasteiger partial charge in [-0.3, -0.25) is 9.52 Å². The van der Waals surface area contributed by atoms with Gasteiger partial charge in [0.15, 0.2) is 0 Å². The van der Waals surface area contributed by atoms with Crippen LogP contribution in [0.3, 0.4) is 0 Å². The van der Waals surface area contributed by atoms with Crippen LogP contribution in [0.1, 0.15) is 45.9 Å². The topological polar surface area (TPSA) is 75.3 Å². The van der Waals surface area contributed by atoms with Crippen LogP contribution in [0, 0.1) is 6.92 Å². The van der Waals surface area contributed by atoms with Crippen molar-refractivity contribution in [2.45, 2.75) is 32.2 Å². The quantitative estimate of drug-likeness (QED) is 0.881. The fourth-order valence-corrected chi connectivity index (χ4v) is 3.84. The molecule has 0 aromatic heterocycles. The molecule has 0 fully saturated rings. The van der Waals surface area contributed by atoms with Gasteiger partial charge in [-0.05, 0) is 55.0 Å². The molecule has 0 bridgehead atoms. The van der Waals surface area contributed by atoms with Crippen molar-refractivity contribution >= 4 is 21.6 Å². The number of nitrogens with one attached hydrogen (secondary N) is 2. The molecule has 3 rings (SSSR count). The van der Waals surface area contributed by atoms with Gasteiger partial charge in [0.1, 0.15) is 0 Å². The van der Waals surface area contributed by atoms with E-state index >= 15 is 0 Å².